The fourth-order valence-corrected chi connectivity index (χ4v) is 9.00. The second kappa shape index (κ2) is 20.4. The van der Waals surface area contributed by atoms with E-state index in [4.69, 9.17) is 21.1 Å². The topological polar surface area (TPSA) is 182 Å². The number of anilines is 1. The van der Waals surface area contributed by atoms with Crippen molar-refractivity contribution >= 4 is 40.9 Å². The lowest BCUT2D eigenvalue weighted by Crippen LogP contribution is -2.74. The zero-order chi connectivity index (χ0) is 45.4. The molecule has 2 aliphatic rings. The van der Waals surface area contributed by atoms with Crippen LogP contribution in [0.3, 0.4) is 0 Å². The van der Waals surface area contributed by atoms with Crippen LogP contribution in [-0.4, -0.2) is 90.3 Å². The number of halogens is 1. The maximum absolute atomic E-state index is 13.8. The molecular weight excluding hydrogens is 808 g/mol. The van der Waals surface area contributed by atoms with Crippen LogP contribution in [0.1, 0.15) is 101 Å². The van der Waals surface area contributed by atoms with E-state index in [9.17, 15) is 29.5 Å². The number of carbonyl (C=O) groups is 4. The van der Waals surface area contributed by atoms with Gasteiger partial charge in [0.15, 0.2) is 0 Å². The summed E-state index contributed by atoms with van der Waals surface area (Å²) in [6.45, 7) is 17.0. The van der Waals surface area contributed by atoms with Crippen LogP contribution in [0.25, 0.3) is 0 Å². The molecule has 1 aliphatic heterocycles. The molecule has 5 rings (SSSR count). The van der Waals surface area contributed by atoms with Crippen LogP contribution in [0.5, 0.6) is 5.75 Å². The average molecular weight is 872 g/mol. The Morgan fingerprint density at radius 2 is 1.65 bits per heavy atom. The molecule has 3 atom stereocenters. The molecule has 3 aromatic rings. The first kappa shape index (κ1) is 47.9. The molecule has 3 aromatic carbocycles. The van der Waals surface area contributed by atoms with Gasteiger partial charge in [-0.1, -0.05) is 89.9 Å². The Labute approximate surface area is 371 Å². The number of aliphatic hydroxyl groups excluding tert-OH is 1. The zero-order valence-corrected chi connectivity index (χ0v) is 38.0. The maximum atomic E-state index is 13.8. The van der Waals surface area contributed by atoms with Crippen LogP contribution < -0.4 is 26.0 Å². The van der Waals surface area contributed by atoms with E-state index in [-0.39, 0.29) is 54.4 Å². The van der Waals surface area contributed by atoms with E-state index >= 15 is 0 Å². The molecule has 14 heteroatoms. The van der Waals surface area contributed by atoms with Crippen molar-refractivity contribution in [2.24, 2.45) is 16.2 Å². The number of unbranched alkanes of at least 4 members (excludes halogenated alkanes) is 2. The molecule has 1 saturated heterocycles. The van der Waals surface area contributed by atoms with Crippen molar-refractivity contribution < 1.29 is 33.8 Å². The van der Waals surface area contributed by atoms with Gasteiger partial charge in [-0.2, -0.15) is 5.26 Å². The summed E-state index contributed by atoms with van der Waals surface area (Å²) in [5.74, 6) is -0.776. The van der Waals surface area contributed by atoms with Gasteiger partial charge in [0.1, 0.15) is 36.6 Å². The van der Waals surface area contributed by atoms with Gasteiger partial charge in [0.2, 0.25) is 17.7 Å². The lowest BCUT2D eigenvalue weighted by Gasteiger charge is -2.63. The highest BCUT2D eigenvalue weighted by atomic mass is 35.5. The lowest BCUT2D eigenvalue weighted by atomic mass is 9.49. The van der Waals surface area contributed by atoms with Crippen LogP contribution in [0.15, 0.2) is 66.7 Å². The first-order valence-electron chi connectivity index (χ1n) is 21.4. The Morgan fingerprint density at radius 3 is 2.27 bits per heavy atom. The lowest BCUT2D eigenvalue weighted by molar-refractivity contribution is -0.164. The van der Waals surface area contributed by atoms with Gasteiger partial charge in [-0.3, -0.25) is 19.2 Å². The van der Waals surface area contributed by atoms with E-state index in [1.165, 1.54) is 4.90 Å². The Balaban J connectivity index is 0.989. The summed E-state index contributed by atoms with van der Waals surface area (Å²) in [6.07, 6.45) is 1.54. The molecule has 1 saturated carbocycles. The molecule has 62 heavy (non-hydrogen) atoms. The number of rotatable bonds is 18. The second-order valence-electron chi connectivity index (χ2n) is 18.9. The minimum absolute atomic E-state index is 0.00760. The van der Waals surface area contributed by atoms with Crippen LogP contribution >= 0.6 is 11.6 Å². The number of hydrogen-bond acceptors (Lipinski definition) is 9. The molecule has 0 radical (unpaired) electrons. The summed E-state index contributed by atoms with van der Waals surface area (Å²) in [5.41, 5.74) is 2.47. The Bertz CT molecular complexity index is 2080. The fourth-order valence-electron chi connectivity index (χ4n) is 8.79. The van der Waals surface area contributed by atoms with Gasteiger partial charge in [0.05, 0.1) is 16.7 Å². The van der Waals surface area contributed by atoms with Crippen LogP contribution in [0, 0.1) is 34.5 Å². The highest BCUT2D eigenvalue weighted by molar-refractivity contribution is 6.31. The number of nitrogens with one attached hydrogen (secondary N) is 4. The third kappa shape index (κ3) is 11.8. The van der Waals surface area contributed by atoms with Crippen molar-refractivity contribution in [2.75, 3.05) is 31.6 Å². The zero-order valence-electron chi connectivity index (χ0n) is 37.3. The molecule has 0 bridgehead atoms. The van der Waals surface area contributed by atoms with Crippen LogP contribution in [0.2, 0.25) is 5.02 Å². The molecule has 1 heterocycles. The standard InChI is InChI=1S/C48H63ClN6O7/c1-30-12-14-31(15-13-30)27-52-42(59)38-24-35(56)28-55(38)43(60)40(46(2,3)4)53-39(57)29-61-23-11-9-10-22-51-34-19-16-32(17-20-34)41(58)54-44-47(5,6)45(48(44,7)8)62-36-21-18-33(26-50)37(49)25-36/h12-21,25,35,38,40,44-45,51,56H,9-11,22-24,27-29H2,1-8H3,(H,52,59)(H,53,57)(H,54,58)/t35-,38+,40-,44?,45?/m1/s1. The number of β-amino-alcohol motifs (C(OH)–C–C–N with tert-alkyl or cyclic N) is 1. The Morgan fingerprint density at radius 1 is 0.968 bits per heavy atom. The molecule has 4 amide bonds. The number of hydrogen-bond donors (Lipinski definition) is 5. The molecule has 5 N–H and O–H groups in total. The number of aryl methyl sites for hydroxylation is 1. The maximum Gasteiger partial charge on any atom is 0.251 e. The van der Waals surface area contributed by atoms with Gasteiger partial charge in [-0.05, 0) is 73.6 Å². The third-order valence-electron chi connectivity index (χ3n) is 12.0. The van der Waals surface area contributed by atoms with Crippen LogP contribution in [0.4, 0.5) is 5.69 Å². The number of carbonyl (C=O) groups excluding carboxylic acids is 4. The normalized spacial score (nSPS) is 20.6. The van der Waals surface area contributed by atoms with Crippen molar-refractivity contribution in [3.8, 4) is 11.8 Å². The quantitative estimate of drug-likeness (QED) is 0.0887. The van der Waals surface area contributed by atoms with Gasteiger partial charge < -0.3 is 40.7 Å². The summed E-state index contributed by atoms with van der Waals surface area (Å²) in [7, 11) is 0. The second-order valence-corrected chi connectivity index (χ2v) is 19.3. The number of nitrogens with zero attached hydrogens (tertiary/aromatic N) is 2. The molecule has 2 fully saturated rings. The first-order valence-corrected chi connectivity index (χ1v) is 21.8. The number of nitriles is 1. The number of benzene rings is 3. The van der Waals surface area contributed by atoms with Crippen molar-refractivity contribution in [3.05, 3.63) is 94.0 Å². The predicted octanol–water partition coefficient (Wildman–Crippen LogP) is 6.54. The van der Waals surface area contributed by atoms with E-state index < -0.39 is 35.4 Å². The summed E-state index contributed by atoms with van der Waals surface area (Å²) in [5, 5.41) is 32.3. The SMILES string of the molecule is Cc1ccc(CNC(=O)[C@@H]2C[C@@H](O)CN2C(=O)[C@@H](NC(=O)COCCCCCNc2ccc(C(=O)NC3C(C)(C)C(Oc4ccc(C#N)c(Cl)c4)C3(C)C)cc2)C(C)(C)C)cc1. The van der Waals surface area contributed by atoms with Crippen molar-refractivity contribution in [1.82, 2.24) is 20.9 Å². The largest absolute Gasteiger partial charge is 0.489 e. The van der Waals surface area contributed by atoms with Gasteiger partial charge in [0, 0.05) is 66.9 Å². The molecule has 0 unspecified atom stereocenters. The molecule has 0 aromatic heterocycles. The molecule has 13 nitrogen and oxygen atoms in total. The highest BCUT2D eigenvalue weighted by Gasteiger charge is 2.64. The Hall–Kier alpha value is -5.16. The molecule has 334 valence electrons. The smallest absolute Gasteiger partial charge is 0.251 e. The van der Waals surface area contributed by atoms with E-state index in [1.54, 1.807) is 30.3 Å². The van der Waals surface area contributed by atoms with Crippen molar-refractivity contribution in [3.63, 3.8) is 0 Å². The number of likely N-dealkylation sites (tertiary alicyclic amines) is 1. The van der Waals surface area contributed by atoms with Gasteiger partial charge >= 0.3 is 0 Å². The molecular formula is C48H63ClN6O7. The number of aliphatic hydroxyl groups is 1. The van der Waals surface area contributed by atoms with Crippen molar-refractivity contribution in [2.45, 2.75) is 118 Å². The van der Waals surface area contributed by atoms with Crippen molar-refractivity contribution in [1.29, 1.82) is 5.26 Å². The van der Waals surface area contributed by atoms with Gasteiger partial charge in [-0.15, -0.1) is 0 Å². The van der Waals surface area contributed by atoms with E-state index in [0.29, 0.717) is 41.6 Å². The first-order chi connectivity index (χ1) is 29.2. The van der Waals surface area contributed by atoms with Gasteiger partial charge in [-0.25, -0.2) is 0 Å². The summed E-state index contributed by atoms with van der Waals surface area (Å²) < 4.78 is 12.0. The minimum Gasteiger partial charge on any atom is -0.489 e. The minimum atomic E-state index is -0.927. The summed E-state index contributed by atoms with van der Waals surface area (Å²) in [4.78, 5) is 54.7. The van der Waals surface area contributed by atoms with Gasteiger partial charge in [0.25, 0.3) is 5.91 Å². The van der Waals surface area contributed by atoms with Crippen LogP contribution in [-0.2, 0) is 25.7 Å². The third-order valence-corrected chi connectivity index (χ3v) is 12.3. The average Bonchev–Trinajstić information content (AvgIpc) is 3.62. The van der Waals surface area contributed by atoms with E-state index in [2.05, 4.69) is 55.0 Å². The molecule has 0 spiro atoms. The summed E-state index contributed by atoms with van der Waals surface area (Å²) >= 11 is 6.23. The van der Waals surface area contributed by atoms with E-state index in [0.717, 1.165) is 36.1 Å². The number of amides is 4. The number of ether oxygens (including phenoxy) is 2. The Kier molecular flexibility index (Phi) is 15.7. The molecule has 1 aliphatic carbocycles. The highest BCUT2D eigenvalue weighted by Crippen LogP contribution is 2.55. The summed E-state index contributed by atoms with van der Waals surface area (Å²) in [6, 6.07) is 20.3. The monoisotopic (exact) mass is 870 g/mol. The predicted molar refractivity (Wildman–Crippen MR) is 240 cm³/mol. The fraction of sp³-hybridized carbons (Fsp3) is 0.521. The van der Waals surface area contributed by atoms with E-state index in [1.807, 2.05) is 64.1 Å².